The monoisotopic (exact) mass is 438 g/mol. The molecule has 0 atom stereocenters. The third kappa shape index (κ3) is 3.65. The highest BCUT2D eigenvalue weighted by Crippen LogP contribution is 2.29. The molecule has 33 heavy (non-hydrogen) atoms. The van der Waals surface area contributed by atoms with Gasteiger partial charge >= 0.3 is 12.7 Å². The zero-order valence-corrected chi connectivity index (χ0v) is 19.4. The fourth-order valence-electron chi connectivity index (χ4n) is 4.09. The highest BCUT2D eigenvalue weighted by molar-refractivity contribution is 6.82. The van der Waals surface area contributed by atoms with Crippen LogP contribution in [0.3, 0.4) is 0 Å². The molecule has 0 aliphatic carbocycles. The molecule has 0 fully saturated rings. The molecule has 5 rings (SSSR count). The number of fused-ring (bicyclic) bond motifs is 3. The second-order valence-electron chi connectivity index (χ2n) is 8.53. The Hall–Kier alpha value is -4.01. The molecule has 0 radical (unpaired) electrons. The predicted octanol–water partition coefficient (Wildman–Crippen LogP) is 1.42. The van der Waals surface area contributed by atoms with Crippen LogP contribution in [0.2, 0.25) is 0 Å². The number of nitrogens with zero attached hydrogens (tertiary/aromatic N) is 7. The zero-order valence-electron chi connectivity index (χ0n) is 19.4. The normalized spacial score (nSPS) is 11.7. The van der Waals surface area contributed by atoms with E-state index in [0.717, 1.165) is 45.0 Å². The van der Waals surface area contributed by atoms with Crippen LogP contribution >= 0.6 is 0 Å². The van der Waals surface area contributed by atoms with Crippen molar-refractivity contribution in [2.24, 2.45) is 0 Å². The van der Waals surface area contributed by atoms with Crippen LogP contribution in [0.25, 0.3) is 11.4 Å². The van der Waals surface area contributed by atoms with Crippen molar-refractivity contribution >= 4 is 29.1 Å². The van der Waals surface area contributed by atoms with Crippen LogP contribution in [0.5, 0.6) is 11.6 Å². The summed E-state index contributed by atoms with van der Waals surface area (Å²) in [4.78, 5) is 21.7. The van der Waals surface area contributed by atoms with Crippen molar-refractivity contribution in [1.82, 2.24) is 19.9 Å². The Morgan fingerprint density at radius 3 is 2.03 bits per heavy atom. The van der Waals surface area contributed by atoms with Gasteiger partial charge in [0, 0.05) is 58.4 Å². The average Bonchev–Trinajstić information content (AvgIpc) is 3.14. The molecule has 0 amide bonds. The molecule has 1 aliphatic rings. The number of aromatic nitrogens is 5. The summed E-state index contributed by atoms with van der Waals surface area (Å²) in [6, 6.07) is 10.3. The Bertz CT molecular complexity index is 1300. The lowest BCUT2D eigenvalue weighted by Gasteiger charge is -2.17. The van der Waals surface area contributed by atoms with Crippen molar-refractivity contribution < 1.29 is 9.21 Å². The SMILES string of the molecule is Cc1ccc(N(C)C)cc1Oc1cc(N(C)C)cc[n+]1B1c2cncnc2-c2ncncc21. The van der Waals surface area contributed by atoms with Gasteiger partial charge in [0.25, 0.3) is 0 Å². The van der Waals surface area contributed by atoms with Crippen molar-refractivity contribution in [3.05, 3.63) is 67.1 Å². The van der Waals surface area contributed by atoms with Crippen molar-refractivity contribution in [3.8, 4) is 23.0 Å². The molecule has 0 N–H and O–H groups in total. The van der Waals surface area contributed by atoms with Crippen LogP contribution in [0.4, 0.5) is 11.4 Å². The number of aryl methyl sites for hydroxylation is 1. The smallest absolute Gasteiger partial charge is 0.406 e. The van der Waals surface area contributed by atoms with Gasteiger partial charge in [-0.05, 0) is 18.6 Å². The molecule has 4 heterocycles. The first-order valence-electron chi connectivity index (χ1n) is 10.7. The number of pyridine rings is 1. The van der Waals surface area contributed by atoms with E-state index in [9.17, 15) is 0 Å². The van der Waals surface area contributed by atoms with Crippen LogP contribution in [0.15, 0.2) is 61.6 Å². The standard InChI is InChI=1S/C24H25BN7O/c1-16-6-7-17(30(2)3)10-21(16)33-22-11-18(31(4)5)8-9-32(22)25-19-12-26-14-28-23(19)24-20(25)13-27-15-29-24/h6-15H,1-5H3/q+1. The van der Waals surface area contributed by atoms with E-state index in [1.54, 1.807) is 12.7 Å². The Balaban J connectivity index is 1.68. The van der Waals surface area contributed by atoms with E-state index in [2.05, 4.69) is 65.4 Å². The van der Waals surface area contributed by atoms with Crippen LogP contribution in [0.1, 0.15) is 5.56 Å². The van der Waals surface area contributed by atoms with Gasteiger partial charge in [-0.25, -0.2) is 24.4 Å². The number of benzene rings is 1. The number of anilines is 2. The Labute approximate surface area is 193 Å². The van der Waals surface area contributed by atoms with E-state index in [-0.39, 0.29) is 6.85 Å². The summed E-state index contributed by atoms with van der Waals surface area (Å²) in [5, 5.41) is 0. The van der Waals surface area contributed by atoms with E-state index in [0.29, 0.717) is 5.88 Å². The summed E-state index contributed by atoms with van der Waals surface area (Å²) < 4.78 is 8.70. The quantitative estimate of drug-likeness (QED) is 0.385. The third-order valence-electron chi connectivity index (χ3n) is 5.92. The second-order valence-corrected chi connectivity index (χ2v) is 8.53. The maximum absolute atomic E-state index is 6.59. The van der Waals surface area contributed by atoms with Crippen LogP contribution in [0, 0.1) is 6.92 Å². The summed E-state index contributed by atoms with van der Waals surface area (Å²) in [7, 11) is 8.08. The maximum Gasteiger partial charge on any atom is 0.569 e. The summed E-state index contributed by atoms with van der Waals surface area (Å²) in [6.45, 7) is 1.86. The highest BCUT2D eigenvalue weighted by Gasteiger charge is 2.48. The number of hydrogen-bond acceptors (Lipinski definition) is 7. The fraction of sp³-hybridized carbons (Fsp3) is 0.208. The Morgan fingerprint density at radius 2 is 1.42 bits per heavy atom. The molecule has 0 unspecified atom stereocenters. The maximum atomic E-state index is 6.59. The van der Waals surface area contributed by atoms with Gasteiger partial charge in [0.1, 0.15) is 24.6 Å². The van der Waals surface area contributed by atoms with E-state index in [1.807, 2.05) is 52.8 Å². The first kappa shape index (κ1) is 20.9. The lowest BCUT2D eigenvalue weighted by atomic mass is 9.54. The van der Waals surface area contributed by atoms with Gasteiger partial charge in [0.15, 0.2) is 0 Å². The molecule has 0 spiro atoms. The zero-order chi connectivity index (χ0) is 23.1. The molecule has 1 aromatic carbocycles. The Morgan fingerprint density at radius 1 is 0.818 bits per heavy atom. The summed E-state index contributed by atoms with van der Waals surface area (Å²) in [5.41, 5.74) is 6.76. The number of rotatable bonds is 5. The van der Waals surface area contributed by atoms with Gasteiger partial charge in [0.2, 0.25) is 0 Å². The van der Waals surface area contributed by atoms with Crippen molar-refractivity contribution in [3.63, 3.8) is 0 Å². The highest BCUT2D eigenvalue weighted by atomic mass is 16.5. The molecule has 8 nitrogen and oxygen atoms in total. The van der Waals surface area contributed by atoms with Crippen molar-refractivity contribution in [2.75, 3.05) is 38.0 Å². The molecule has 1 aliphatic heterocycles. The van der Waals surface area contributed by atoms with Crippen molar-refractivity contribution in [2.45, 2.75) is 6.92 Å². The fourth-order valence-corrected chi connectivity index (χ4v) is 4.09. The van der Waals surface area contributed by atoms with Gasteiger partial charge in [-0.15, -0.1) is 0 Å². The van der Waals surface area contributed by atoms with Gasteiger partial charge in [-0.2, -0.15) is 0 Å². The molecule has 9 heteroatoms. The van der Waals surface area contributed by atoms with Gasteiger partial charge in [-0.3, -0.25) is 0 Å². The predicted molar refractivity (Wildman–Crippen MR) is 130 cm³/mol. The minimum Gasteiger partial charge on any atom is -0.406 e. The van der Waals surface area contributed by atoms with Gasteiger partial charge in [0.05, 0.1) is 34.1 Å². The molecule has 4 aromatic rings. The number of hydrogen-bond donors (Lipinski definition) is 0. The van der Waals surface area contributed by atoms with E-state index in [1.165, 1.54) is 0 Å². The lowest BCUT2D eigenvalue weighted by Crippen LogP contribution is -2.64. The van der Waals surface area contributed by atoms with Crippen LogP contribution < -0.4 is 29.9 Å². The van der Waals surface area contributed by atoms with Crippen LogP contribution in [-0.4, -0.2) is 55.0 Å². The molecule has 0 saturated carbocycles. The third-order valence-corrected chi connectivity index (χ3v) is 5.92. The summed E-state index contributed by atoms with van der Waals surface area (Å²) in [6.07, 6.45) is 8.85. The van der Waals surface area contributed by atoms with Crippen molar-refractivity contribution in [1.29, 1.82) is 0 Å². The van der Waals surface area contributed by atoms with Crippen LogP contribution in [-0.2, 0) is 0 Å². The lowest BCUT2D eigenvalue weighted by molar-refractivity contribution is -0.540. The molecule has 164 valence electrons. The van der Waals surface area contributed by atoms with E-state index >= 15 is 0 Å². The molecular weight excluding hydrogens is 413 g/mol. The van der Waals surface area contributed by atoms with Gasteiger partial charge in [-0.1, -0.05) is 6.07 Å². The molecule has 0 bridgehead atoms. The van der Waals surface area contributed by atoms with E-state index in [4.69, 9.17) is 4.74 Å². The minimum atomic E-state index is -0.194. The Kier molecular flexibility index (Phi) is 5.16. The summed E-state index contributed by atoms with van der Waals surface area (Å²) >= 11 is 0. The molecule has 0 saturated heterocycles. The van der Waals surface area contributed by atoms with Gasteiger partial charge < -0.3 is 14.5 Å². The topological polar surface area (TPSA) is 71.2 Å². The summed E-state index contributed by atoms with van der Waals surface area (Å²) in [5.74, 6) is 1.51. The second kappa shape index (κ2) is 8.16. The minimum absolute atomic E-state index is 0.194. The molecular formula is C24H25BN7O+. The largest absolute Gasteiger partial charge is 0.569 e. The first-order valence-corrected chi connectivity index (χ1v) is 10.7. The first-order chi connectivity index (χ1) is 15.9. The number of ether oxygens (including phenoxy) is 1. The van der Waals surface area contributed by atoms with E-state index < -0.39 is 0 Å². The molecule has 3 aromatic heterocycles. The average molecular weight is 438 g/mol.